The third kappa shape index (κ3) is 3.04. The van der Waals surface area contributed by atoms with Crippen LogP contribution in [0.2, 0.25) is 0 Å². The van der Waals surface area contributed by atoms with Crippen LogP contribution >= 0.6 is 0 Å². The van der Waals surface area contributed by atoms with Crippen LogP contribution in [-0.4, -0.2) is 35.2 Å². The van der Waals surface area contributed by atoms with Crippen molar-refractivity contribution in [2.24, 2.45) is 40.6 Å². The molecule has 30 heavy (non-hydrogen) atoms. The third-order valence-electron chi connectivity index (χ3n) is 6.67. The molecule has 1 saturated heterocycles. The fourth-order valence-electron chi connectivity index (χ4n) is 5.50. The molecule has 4 aliphatic carbocycles. The van der Waals surface area contributed by atoms with Crippen LogP contribution in [0.1, 0.15) is 39.7 Å². The summed E-state index contributed by atoms with van der Waals surface area (Å²) in [5, 5.41) is 5.44. The molecule has 0 spiro atoms. The van der Waals surface area contributed by atoms with Gasteiger partial charge in [-0.2, -0.15) is 10.1 Å². The van der Waals surface area contributed by atoms with Gasteiger partial charge in [-0.15, -0.1) is 0 Å². The van der Waals surface area contributed by atoms with Crippen LogP contribution in [0.15, 0.2) is 35.5 Å². The number of hydrogen-bond acceptors (Lipinski definition) is 5. The van der Waals surface area contributed by atoms with Crippen LogP contribution in [0.5, 0.6) is 11.5 Å². The first kappa shape index (κ1) is 19.3. The van der Waals surface area contributed by atoms with Crippen molar-refractivity contribution in [3.63, 3.8) is 0 Å². The van der Waals surface area contributed by atoms with E-state index < -0.39 is 0 Å². The van der Waals surface area contributed by atoms with Crippen LogP contribution in [0.3, 0.4) is 0 Å². The van der Waals surface area contributed by atoms with Gasteiger partial charge in [0.25, 0.3) is 11.8 Å². The van der Waals surface area contributed by atoms with Crippen molar-refractivity contribution < 1.29 is 19.1 Å². The summed E-state index contributed by atoms with van der Waals surface area (Å²) in [5.41, 5.74) is 0.708. The molecule has 0 N–H and O–H groups in total. The molecule has 6 unspecified atom stereocenters. The van der Waals surface area contributed by atoms with Gasteiger partial charge in [0.05, 0.1) is 30.3 Å². The van der Waals surface area contributed by atoms with E-state index in [2.05, 4.69) is 17.3 Å². The Morgan fingerprint density at radius 1 is 0.967 bits per heavy atom. The number of imide groups is 1. The number of hydrazone groups is 1. The molecule has 6 nitrogen and oxygen atoms in total. The Bertz CT molecular complexity index is 915. The number of carbonyl (C=O) groups excluding carboxylic acids is 2. The van der Waals surface area contributed by atoms with E-state index in [1.54, 1.807) is 6.21 Å². The summed E-state index contributed by atoms with van der Waals surface area (Å²) >= 11 is 0. The van der Waals surface area contributed by atoms with E-state index in [9.17, 15) is 9.59 Å². The molecule has 1 aromatic rings. The predicted molar refractivity (Wildman–Crippen MR) is 112 cm³/mol. The molecule has 158 valence electrons. The number of amides is 2. The highest BCUT2D eigenvalue weighted by molar-refractivity contribution is 6.06. The molecule has 1 aliphatic heterocycles. The lowest BCUT2D eigenvalue weighted by Gasteiger charge is -2.37. The first-order chi connectivity index (χ1) is 14.3. The summed E-state index contributed by atoms with van der Waals surface area (Å²) in [6, 6.07) is 5.52. The highest BCUT2D eigenvalue weighted by Gasteiger charge is 2.67. The molecule has 6 atom stereocenters. The Kier molecular flexibility index (Phi) is 4.49. The molecular weight excluding hydrogens is 380 g/mol. The Labute approximate surface area is 176 Å². The maximum absolute atomic E-state index is 13.1. The number of hydrogen-bond donors (Lipinski definition) is 0. The summed E-state index contributed by atoms with van der Waals surface area (Å²) in [5.74, 6) is 2.12. The zero-order chi connectivity index (χ0) is 21.2. The van der Waals surface area contributed by atoms with Crippen LogP contribution in [0.25, 0.3) is 0 Å². The summed E-state index contributed by atoms with van der Waals surface area (Å²) < 4.78 is 11.7. The second kappa shape index (κ2) is 6.96. The van der Waals surface area contributed by atoms with E-state index in [1.807, 2.05) is 45.9 Å². The van der Waals surface area contributed by atoms with E-state index in [1.165, 1.54) is 0 Å². The van der Waals surface area contributed by atoms with Gasteiger partial charge >= 0.3 is 0 Å². The second-order valence-corrected chi connectivity index (χ2v) is 9.42. The largest absolute Gasteiger partial charge is 0.491 e. The molecule has 0 aromatic heterocycles. The number of ether oxygens (including phenoxy) is 2. The molecule has 2 bridgehead atoms. The molecule has 1 heterocycles. The molecule has 6 rings (SSSR count). The average molecular weight is 408 g/mol. The van der Waals surface area contributed by atoms with Crippen molar-refractivity contribution in [2.75, 3.05) is 0 Å². The van der Waals surface area contributed by atoms with Crippen LogP contribution in [0, 0.1) is 35.5 Å². The maximum atomic E-state index is 13.1. The molecule has 6 heteroatoms. The maximum Gasteiger partial charge on any atom is 0.254 e. The van der Waals surface area contributed by atoms with Gasteiger partial charge in [0.2, 0.25) is 0 Å². The highest BCUT2D eigenvalue weighted by Crippen LogP contribution is 2.65. The van der Waals surface area contributed by atoms with E-state index in [-0.39, 0.29) is 47.7 Å². The van der Waals surface area contributed by atoms with Crippen molar-refractivity contribution in [1.29, 1.82) is 0 Å². The van der Waals surface area contributed by atoms with Gasteiger partial charge in [0.15, 0.2) is 0 Å². The minimum Gasteiger partial charge on any atom is -0.491 e. The van der Waals surface area contributed by atoms with E-state index in [0.717, 1.165) is 11.4 Å². The zero-order valence-electron chi connectivity index (χ0n) is 17.8. The van der Waals surface area contributed by atoms with Gasteiger partial charge in [-0.1, -0.05) is 12.2 Å². The van der Waals surface area contributed by atoms with Crippen molar-refractivity contribution in [3.05, 3.63) is 35.9 Å². The molecule has 1 aromatic carbocycles. The van der Waals surface area contributed by atoms with E-state index >= 15 is 0 Å². The Morgan fingerprint density at radius 2 is 1.57 bits per heavy atom. The number of carbonyl (C=O) groups is 2. The van der Waals surface area contributed by atoms with E-state index in [4.69, 9.17) is 9.47 Å². The van der Waals surface area contributed by atoms with Gasteiger partial charge in [-0.3, -0.25) is 9.59 Å². The molecule has 3 fully saturated rings. The van der Waals surface area contributed by atoms with Crippen molar-refractivity contribution in [3.8, 4) is 11.5 Å². The first-order valence-electron chi connectivity index (χ1n) is 10.9. The van der Waals surface area contributed by atoms with Gasteiger partial charge in [0, 0.05) is 11.6 Å². The molecule has 2 amide bonds. The smallest absolute Gasteiger partial charge is 0.254 e. The Morgan fingerprint density at radius 3 is 2.13 bits per heavy atom. The fourth-order valence-corrected chi connectivity index (χ4v) is 5.50. The van der Waals surface area contributed by atoms with Gasteiger partial charge in [0.1, 0.15) is 11.5 Å². The van der Waals surface area contributed by atoms with Gasteiger partial charge in [-0.25, -0.2) is 0 Å². The van der Waals surface area contributed by atoms with Gasteiger partial charge < -0.3 is 9.47 Å². The first-order valence-corrected chi connectivity index (χ1v) is 10.9. The van der Waals surface area contributed by atoms with Crippen LogP contribution < -0.4 is 9.47 Å². The minimum absolute atomic E-state index is 0.0298. The SMILES string of the molecule is CC(C)Oc1ccc(C=NN2C(=O)C3C4C=CC(C5CC45)C3C2=O)c(OC(C)C)c1. The summed E-state index contributed by atoms with van der Waals surface area (Å²) in [6.07, 6.45) is 7.06. The lowest BCUT2D eigenvalue weighted by atomic mass is 9.63. The summed E-state index contributed by atoms with van der Waals surface area (Å²) in [4.78, 5) is 26.1. The zero-order valence-corrected chi connectivity index (χ0v) is 17.8. The minimum atomic E-state index is -0.235. The number of rotatable bonds is 6. The Hall–Kier alpha value is -2.63. The van der Waals surface area contributed by atoms with Crippen molar-refractivity contribution in [2.45, 2.75) is 46.3 Å². The quantitative estimate of drug-likeness (QED) is 0.409. The fraction of sp³-hybridized carbons (Fsp3) is 0.542. The molecule has 5 aliphatic rings. The molecule has 2 saturated carbocycles. The third-order valence-corrected chi connectivity index (χ3v) is 6.67. The summed E-state index contributed by atoms with van der Waals surface area (Å²) in [7, 11) is 0. The van der Waals surface area contributed by atoms with Gasteiger partial charge in [-0.05, 0) is 69.9 Å². The second-order valence-electron chi connectivity index (χ2n) is 9.42. The topological polar surface area (TPSA) is 68.2 Å². The van der Waals surface area contributed by atoms with E-state index in [0.29, 0.717) is 28.9 Å². The van der Waals surface area contributed by atoms with Crippen molar-refractivity contribution in [1.82, 2.24) is 5.01 Å². The number of allylic oxidation sites excluding steroid dienone is 2. The molecule has 0 radical (unpaired) electrons. The normalized spacial score (nSPS) is 33.6. The Balaban J connectivity index is 1.40. The number of benzene rings is 1. The standard InChI is InChI=1S/C24H28N2O4/c1-12(2)29-15-6-5-14(20(9-15)30-13(3)4)11-25-26-23(27)21-16-7-8-17(19-10-18(16)19)22(21)24(26)28/h5-9,11-13,16-19,21-22H,10H2,1-4H3. The van der Waals surface area contributed by atoms with Crippen molar-refractivity contribution >= 4 is 18.0 Å². The monoisotopic (exact) mass is 408 g/mol. The summed E-state index contributed by atoms with van der Waals surface area (Å²) in [6.45, 7) is 7.83. The van der Waals surface area contributed by atoms with Crippen LogP contribution in [0.4, 0.5) is 0 Å². The van der Waals surface area contributed by atoms with Crippen LogP contribution in [-0.2, 0) is 9.59 Å². The lowest BCUT2D eigenvalue weighted by molar-refractivity contribution is -0.140. The predicted octanol–water partition coefficient (Wildman–Crippen LogP) is 3.65. The highest BCUT2D eigenvalue weighted by atomic mass is 16.5. The lowest BCUT2D eigenvalue weighted by Crippen LogP contribution is -2.40. The molecular formula is C24H28N2O4. The number of nitrogens with zero attached hydrogens (tertiary/aromatic N) is 2. The average Bonchev–Trinajstić information content (AvgIpc) is 3.46.